The molecule has 28 heavy (non-hydrogen) atoms. The molecule has 0 fully saturated rings. The van der Waals surface area contributed by atoms with Crippen molar-refractivity contribution in [2.75, 3.05) is 29.7 Å². The van der Waals surface area contributed by atoms with Gasteiger partial charge >= 0.3 is 0 Å². The van der Waals surface area contributed by atoms with Crippen LogP contribution in [0.5, 0.6) is 0 Å². The number of imidazole rings is 1. The van der Waals surface area contributed by atoms with Crippen LogP contribution in [0, 0.1) is 6.92 Å². The van der Waals surface area contributed by atoms with Gasteiger partial charge in [0.15, 0.2) is 0 Å². The second-order valence-electron chi connectivity index (χ2n) is 6.19. The summed E-state index contributed by atoms with van der Waals surface area (Å²) in [7, 11) is 0. The molecule has 0 saturated heterocycles. The third-order valence-corrected chi connectivity index (χ3v) is 5.03. The van der Waals surface area contributed by atoms with E-state index in [1.165, 1.54) is 0 Å². The Kier molecular flexibility index (Phi) is 7.37. The molecule has 1 heterocycles. The summed E-state index contributed by atoms with van der Waals surface area (Å²) in [5.74, 6) is 2.01. The van der Waals surface area contributed by atoms with Gasteiger partial charge in [0.25, 0.3) is 0 Å². The van der Waals surface area contributed by atoms with Crippen LogP contribution in [0.1, 0.15) is 11.4 Å². The Balaban J connectivity index is 1.74. The quantitative estimate of drug-likeness (QED) is 0.327. The van der Waals surface area contributed by atoms with Crippen molar-refractivity contribution < 1.29 is 0 Å². The molecule has 0 aliphatic carbocycles. The number of halogens is 3. The highest BCUT2D eigenvalue weighted by atomic mass is 35.5. The molecule has 0 aliphatic heterocycles. The molecule has 0 saturated carbocycles. The molecule has 7 heteroatoms. The zero-order valence-corrected chi connectivity index (χ0v) is 17.8. The third-order valence-electron chi connectivity index (χ3n) is 4.36. The lowest BCUT2D eigenvalue weighted by atomic mass is 10.2. The fourth-order valence-electron chi connectivity index (χ4n) is 2.89. The highest BCUT2D eigenvalue weighted by Crippen LogP contribution is 2.24. The summed E-state index contributed by atoms with van der Waals surface area (Å²) >= 11 is 18.2. The van der Waals surface area contributed by atoms with Gasteiger partial charge in [0.2, 0.25) is 0 Å². The van der Waals surface area contributed by atoms with Crippen molar-refractivity contribution in [3.63, 3.8) is 0 Å². The van der Waals surface area contributed by atoms with E-state index in [4.69, 9.17) is 34.8 Å². The van der Waals surface area contributed by atoms with Crippen LogP contribution in [-0.4, -0.2) is 40.6 Å². The maximum absolute atomic E-state index is 6.46. The minimum atomic E-state index is 0.534. The second kappa shape index (κ2) is 9.97. The molecule has 4 nitrogen and oxygen atoms in total. The molecule has 1 aromatic heterocycles. The average Bonchev–Trinajstić information content (AvgIpc) is 3.13. The van der Waals surface area contributed by atoms with E-state index >= 15 is 0 Å². The van der Waals surface area contributed by atoms with Gasteiger partial charge in [-0.3, -0.25) is 4.99 Å². The molecule has 0 atom stereocenters. The molecule has 0 N–H and O–H groups in total. The zero-order valence-electron chi connectivity index (χ0n) is 15.5. The molecular weight excluding hydrogens is 415 g/mol. The van der Waals surface area contributed by atoms with Gasteiger partial charge in [-0.05, 0) is 49.4 Å². The maximum Gasteiger partial charge on any atom is 0.110 e. The average molecular weight is 436 g/mol. The Morgan fingerprint density at radius 1 is 1.07 bits per heavy atom. The predicted octanol–water partition coefficient (Wildman–Crippen LogP) is 5.87. The van der Waals surface area contributed by atoms with E-state index in [9.17, 15) is 0 Å². The summed E-state index contributed by atoms with van der Waals surface area (Å²) in [6.45, 7) is 3.42. The molecule has 0 amide bonds. The standard InChI is InChI=1S/C21H21Cl3N4/c1-16-25-10-13-28(16)19-6-3-18(4-7-19)26-15-17-2-5-20(14-21(17)24)27(11-8-22)12-9-23/h2-7,10,13-15H,8-9,11-12H2,1H3. The van der Waals surface area contributed by atoms with E-state index in [2.05, 4.69) is 14.9 Å². The first-order valence-electron chi connectivity index (χ1n) is 8.93. The minimum Gasteiger partial charge on any atom is -0.369 e. The van der Waals surface area contributed by atoms with Crippen LogP contribution in [0.25, 0.3) is 5.69 Å². The van der Waals surface area contributed by atoms with Crippen molar-refractivity contribution in [3.8, 4) is 5.69 Å². The highest BCUT2D eigenvalue weighted by molar-refractivity contribution is 6.33. The number of aromatic nitrogens is 2. The van der Waals surface area contributed by atoms with Crippen molar-refractivity contribution in [3.05, 3.63) is 71.3 Å². The Labute approximate surface area is 180 Å². The molecule has 0 radical (unpaired) electrons. The molecule has 0 bridgehead atoms. The molecular formula is C21H21Cl3N4. The fourth-order valence-corrected chi connectivity index (χ4v) is 3.52. The van der Waals surface area contributed by atoms with E-state index in [0.717, 1.165) is 41.5 Å². The van der Waals surface area contributed by atoms with Gasteiger partial charge in [0, 0.05) is 60.4 Å². The smallest absolute Gasteiger partial charge is 0.110 e. The van der Waals surface area contributed by atoms with E-state index in [-0.39, 0.29) is 0 Å². The number of aryl methyl sites for hydroxylation is 1. The number of aliphatic imine (C=N–C) groups is 1. The van der Waals surface area contributed by atoms with E-state index < -0.39 is 0 Å². The Morgan fingerprint density at radius 2 is 1.79 bits per heavy atom. The number of nitrogens with zero attached hydrogens (tertiary/aromatic N) is 4. The van der Waals surface area contributed by atoms with Crippen molar-refractivity contribution in [2.45, 2.75) is 6.92 Å². The van der Waals surface area contributed by atoms with Crippen LogP contribution >= 0.6 is 34.8 Å². The molecule has 0 unspecified atom stereocenters. The topological polar surface area (TPSA) is 33.4 Å². The Bertz CT molecular complexity index is 929. The van der Waals surface area contributed by atoms with Crippen LogP contribution in [0.4, 0.5) is 11.4 Å². The Hall–Kier alpha value is -2.01. The van der Waals surface area contributed by atoms with E-state index in [1.54, 1.807) is 12.4 Å². The molecule has 2 aromatic carbocycles. The lowest BCUT2D eigenvalue weighted by Gasteiger charge is -2.23. The van der Waals surface area contributed by atoms with Crippen LogP contribution in [0.2, 0.25) is 5.02 Å². The number of benzene rings is 2. The fraction of sp³-hybridized carbons (Fsp3) is 0.238. The normalized spacial score (nSPS) is 11.3. The first-order valence-corrected chi connectivity index (χ1v) is 10.4. The SMILES string of the molecule is Cc1nccn1-c1ccc(N=Cc2ccc(N(CCCl)CCCl)cc2Cl)cc1. The van der Waals surface area contributed by atoms with Gasteiger partial charge in [0.05, 0.1) is 10.7 Å². The van der Waals surface area contributed by atoms with Gasteiger partial charge in [-0.15, -0.1) is 23.2 Å². The lowest BCUT2D eigenvalue weighted by molar-refractivity contribution is 0.874. The number of hydrogen-bond acceptors (Lipinski definition) is 3. The predicted molar refractivity (Wildman–Crippen MR) is 121 cm³/mol. The summed E-state index contributed by atoms with van der Waals surface area (Å²) in [6.07, 6.45) is 5.50. The third kappa shape index (κ3) is 5.07. The van der Waals surface area contributed by atoms with E-state index in [1.807, 2.05) is 60.2 Å². The summed E-state index contributed by atoms with van der Waals surface area (Å²) < 4.78 is 2.02. The van der Waals surface area contributed by atoms with Crippen molar-refractivity contribution in [1.82, 2.24) is 9.55 Å². The second-order valence-corrected chi connectivity index (χ2v) is 7.35. The van der Waals surface area contributed by atoms with Gasteiger partial charge in [-0.1, -0.05) is 11.6 Å². The number of hydrogen-bond donors (Lipinski definition) is 0. The monoisotopic (exact) mass is 434 g/mol. The summed E-state index contributed by atoms with van der Waals surface area (Å²) in [5, 5.41) is 0.640. The largest absolute Gasteiger partial charge is 0.369 e. The summed E-state index contributed by atoms with van der Waals surface area (Å²) in [6, 6.07) is 13.9. The molecule has 146 valence electrons. The molecule has 3 aromatic rings. The van der Waals surface area contributed by atoms with Crippen molar-refractivity contribution in [2.24, 2.45) is 4.99 Å². The zero-order chi connectivity index (χ0) is 19.9. The minimum absolute atomic E-state index is 0.534. The summed E-state index contributed by atoms with van der Waals surface area (Å²) in [4.78, 5) is 10.9. The van der Waals surface area contributed by atoms with Crippen molar-refractivity contribution in [1.29, 1.82) is 0 Å². The summed E-state index contributed by atoms with van der Waals surface area (Å²) in [5.41, 5.74) is 3.77. The van der Waals surface area contributed by atoms with Crippen molar-refractivity contribution >= 4 is 52.4 Å². The molecule has 3 rings (SSSR count). The molecule has 0 spiro atoms. The maximum atomic E-state index is 6.46. The highest BCUT2D eigenvalue weighted by Gasteiger charge is 2.08. The van der Waals surface area contributed by atoms with Gasteiger partial charge in [-0.2, -0.15) is 0 Å². The number of rotatable bonds is 8. The first-order chi connectivity index (χ1) is 13.6. The molecule has 0 aliphatic rings. The Morgan fingerprint density at radius 3 is 2.36 bits per heavy atom. The van der Waals surface area contributed by atoms with Crippen LogP contribution < -0.4 is 4.90 Å². The van der Waals surface area contributed by atoms with Crippen LogP contribution in [0.3, 0.4) is 0 Å². The van der Waals surface area contributed by atoms with Gasteiger partial charge < -0.3 is 9.47 Å². The van der Waals surface area contributed by atoms with Crippen LogP contribution in [-0.2, 0) is 0 Å². The first kappa shape index (κ1) is 20.7. The lowest BCUT2D eigenvalue weighted by Crippen LogP contribution is -2.27. The number of anilines is 1. The number of alkyl halides is 2. The van der Waals surface area contributed by atoms with Gasteiger partial charge in [-0.25, -0.2) is 4.98 Å². The van der Waals surface area contributed by atoms with E-state index in [0.29, 0.717) is 16.8 Å². The van der Waals surface area contributed by atoms with Gasteiger partial charge in [0.1, 0.15) is 5.82 Å². The van der Waals surface area contributed by atoms with Crippen LogP contribution in [0.15, 0.2) is 59.9 Å².